The van der Waals surface area contributed by atoms with Gasteiger partial charge in [-0.15, -0.1) is 11.8 Å². The van der Waals surface area contributed by atoms with Crippen molar-refractivity contribution in [2.24, 2.45) is 5.16 Å². The van der Waals surface area contributed by atoms with Crippen LogP contribution in [0.25, 0.3) is 11.2 Å². The predicted molar refractivity (Wildman–Crippen MR) is 128 cm³/mol. The Kier molecular flexibility index (Phi) is 6.43. The summed E-state index contributed by atoms with van der Waals surface area (Å²) in [5.41, 5.74) is 7.14. The number of aromatic nitrogens is 4. The molecular formula is C22H21N8O6S+. The number of β-lactam (4-membered cyclic amide) rings is 1. The number of nitrogens with zero attached hydrogens (tertiary/aromatic N) is 6. The number of oxazole rings is 1. The molecule has 15 heteroatoms. The number of carbonyl (C=O) groups is 3. The summed E-state index contributed by atoms with van der Waals surface area (Å²) in [6, 6.07) is 2.60. The lowest BCUT2D eigenvalue weighted by Crippen LogP contribution is -2.71. The monoisotopic (exact) mass is 525 g/mol. The Morgan fingerprint density at radius 3 is 2.89 bits per heavy atom. The van der Waals surface area contributed by atoms with Gasteiger partial charge in [0, 0.05) is 35.3 Å². The van der Waals surface area contributed by atoms with Crippen LogP contribution >= 0.6 is 11.8 Å². The molecule has 1 unspecified atom stereocenters. The number of hydrogen-bond donors (Lipinski definition) is 3. The minimum atomic E-state index is -1.23. The summed E-state index contributed by atoms with van der Waals surface area (Å²) in [6.07, 6.45) is 5.69. The molecule has 190 valence electrons. The molecule has 2 aliphatic rings. The van der Waals surface area contributed by atoms with E-state index in [-0.39, 0.29) is 36.1 Å². The second-order valence-corrected chi connectivity index (χ2v) is 9.09. The van der Waals surface area contributed by atoms with E-state index in [1.54, 1.807) is 29.8 Å². The minimum Gasteiger partial charge on any atom is -0.477 e. The van der Waals surface area contributed by atoms with Crippen molar-refractivity contribution in [3.05, 3.63) is 54.0 Å². The first-order valence-corrected chi connectivity index (χ1v) is 12.1. The zero-order chi connectivity index (χ0) is 26.1. The highest BCUT2D eigenvalue weighted by atomic mass is 32.2. The van der Waals surface area contributed by atoms with Crippen LogP contribution in [0.1, 0.15) is 12.5 Å². The molecule has 0 aromatic carbocycles. The zero-order valence-corrected chi connectivity index (χ0v) is 20.2. The van der Waals surface area contributed by atoms with Gasteiger partial charge in [-0.05, 0) is 13.0 Å². The highest BCUT2D eigenvalue weighted by Crippen LogP contribution is 2.40. The van der Waals surface area contributed by atoms with Gasteiger partial charge < -0.3 is 25.4 Å². The molecule has 0 bridgehead atoms. The lowest BCUT2D eigenvalue weighted by Gasteiger charge is -2.49. The number of thioether (sulfide) groups is 1. The van der Waals surface area contributed by atoms with Crippen LogP contribution in [0, 0.1) is 0 Å². The maximum Gasteiger partial charge on any atom is 0.401 e. The average molecular weight is 526 g/mol. The molecule has 0 spiro atoms. The molecule has 0 saturated carbocycles. The Morgan fingerprint density at radius 2 is 2.16 bits per heavy atom. The third-order valence-electron chi connectivity index (χ3n) is 5.70. The predicted octanol–water partition coefficient (Wildman–Crippen LogP) is -0.333. The number of anilines is 1. The van der Waals surface area contributed by atoms with Crippen molar-refractivity contribution in [1.82, 2.24) is 25.2 Å². The molecule has 3 aromatic rings. The number of rotatable bonds is 8. The normalized spacial score (nSPS) is 19.4. The van der Waals surface area contributed by atoms with E-state index in [1.165, 1.54) is 35.4 Å². The van der Waals surface area contributed by atoms with Crippen molar-refractivity contribution in [3.8, 4) is 0 Å². The number of nitrogens with one attached hydrogen (secondary N) is 1. The van der Waals surface area contributed by atoms with Crippen molar-refractivity contribution in [1.29, 1.82) is 0 Å². The van der Waals surface area contributed by atoms with E-state index < -0.39 is 29.2 Å². The fourth-order valence-electron chi connectivity index (χ4n) is 4.04. The van der Waals surface area contributed by atoms with E-state index in [0.717, 1.165) is 0 Å². The van der Waals surface area contributed by atoms with Gasteiger partial charge in [0.05, 0.1) is 0 Å². The number of pyridine rings is 1. The topological polar surface area (TPSA) is 190 Å². The van der Waals surface area contributed by atoms with E-state index in [9.17, 15) is 19.5 Å². The summed E-state index contributed by atoms with van der Waals surface area (Å²) in [5.74, 6) is -2.13. The number of hydrogen-bond acceptors (Lipinski definition) is 11. The molecule has 0 radical (unpaired) electrons. The third-order valence-corrected chi connectivity index (χ3v) is 7.04. The first-order chi connectivity index (χ1) is 17.9. The van der Waals surface area contributed by atoms with Crippen molar-refractivity contribution in [2.75, 3.05) is 18.1 Å². The van der Waals surface area contributed by atoms with Crippen molar-refractivity contribution < 1.29 is 33.3 Å². The van der Waals surface area contributed by atoms with Gasteiger partial charge in [-0.1, -0.05) is 5.16 Å². The van der Waals surface area contributed by atoms with E-state index in [1.807, 2.05) is 0 Å². The van der Waals surface area contributed by atoms with E-state index in [2.05, 4.69) is 25.4 Å². The van der Waals surface area contributed by atoms with Gasteiger partial charge in [-0.25, -0.2) is 19.7 Å². The minimum absolute atomic E-state index is 0.0184. The van der Waals surface area contributed by atoms with E-state index in [0.29, 0.717) is 22.6 Å². The van der Waals surface area contributed by atoms with Crippen molar-refractivity contribution >= 4 is 52.4 Å². The highest BCUT2D eigenvalue weighted by Gasteiger charge is 2.54. The Morgan fingerprint density at radius 1 is 1.38 bits per heavy atom. The SMILES string of the molecule is CCON=C(C(=O)NC1C(=O)N2C(C(=O)O)=C(C[n+]3cccc4ncoc43)CS[C@@H]12)c1cnc(N)nc1. The second kappa shape index (κ2) is 9.85. The molecule has 1 saturated heterocycles. The number of nitrogen functional groups attached to an aromatic ring is 1. The van der Waals surface area contributed by atoms with Gasteiger partial charge in [0.1, 0.15) is 23.7 Å². The molecule has 5 rings (SSSR count). The Labute approximate surface area is 213 Å². The average Bonchev–Trinajstić information content (AvgIpc) is 3.38. The number of carbonyl (C=O) groups excluding carboxylic acids is 2. The number of amides is 2. The van der Waals surface area contributed by atoms with Crippen LogP contribution in [0.4, 0.5) is 5.95 Å². The number of carboxylic acids is 1. The van der Waals surface area contributed by atoms with Gasteiger partial charge in [0.2, 0.25) is 5.95 Å². The first kappa shape index (κ1) is 24.2. The Bertz CT molecular complexity index is 1450. The zero-order valence-electron chi connectivity index (χ0n) is 19.4. The second-order valence-electron chi connectivity index (χ2n) is 7.98. The molecule has 5 heterocycles. The fraction of sp³-hybridized carbons (Fsp3) is 0.273. The summed E-state index contributed by atoms with van der Waals surface area (Å²) >= 11 is 1.35. The van der Waals surface area contributed by atoms with E-state index in [4.69, 9.17) is 15.0 Å². The third kappa shape index (κ3) is 4.44. The maximum atomic E-state index is 13.1. The number of nitrogens with two attached hydrogens (primary N) is 1. The standard InChI is InChI=1S/C22H20N8O6S/c1-2-36-28-14(11-6-24-22(23)25-7-11)17(31)27-15-18(32)30-16(21(33)34)12(9-37-20(15)30)8-29-5-3-4-13-19(29)35-10-26-13/h3-7,10,15,20H,2,8-9H2,1H3,(H3-,23,24,25,27,28,31,33,34)/p+1/t15?,20-/m0/s1. The quantitative estimate of drug-likeness (QED) is 0.151. The van der Waals surface area contributed by atoms with Crippen molar-refractivity contribution in [3.63, 3.8) is 0 Å². The summed E-state index contributed by atoms with van der Waals surface area (Å²) in [5, 5.41) is 15.8. The van der Waals surface area contributed by atoms with Crippen LogP contribution in [-0.2, 0) is 25.8 Å². The van der Waals surface area contributed by atoms with Crippen LogP contribution in [0.5, 0.6) is 0 Å². The summed E-state index contributed by atoms with van der Waals surface area (Å²) in [4.78, 5) is 56.4. The summed E-state index contributed by atoms with van der Waals surface area (Å²) < 4.78 is 7.17. The summed E-state index contributed by atoms with van der Waals surface area (Å²) in [6.45, 7) is 2.09. The van der Waals surface area contributed by atoms with Gasteiger partial charge in [-0.2, -0.15) is 4.57 Å². The number of carboxylic acid groups (broad SMARTS) is 1. The van der Waals surface area contributed by atoms with Gasteiger partial charge >= 0.3 is 11.7 Å². The largest absolute Gasteiger partial charge is 0.477 e. The molecule has 4 N–H and O–H groups in total. The summed E-state index contributed by atoms with van der Waals surface area (Å²) in [7, 11) is 0. The van der Waals surface area contributed by atoms with Crippen LogP contribution in [-0.4, -0.2) is 72.2 Å². The molecule has 37 heavy (non-hydrogen) atoms. The molecule has 0 aliphatic carbocycles. The molecule has 2 atom stereocenters. The number of fused-ring (bicyclic) bond motifs is 2. The molecule has 2 amide bonds. The number of oxime groups is 1. The van der Waals surface area contributed by atoms with Gasteiger partial charge in [-0.3, -0.25) is 14.5 Å². The van der Waals surface area contributed by atoms with Crippen LogP contribution < -0.4 is 15.6 Å². The van der Waals surface area contributed by atoms with Crippen LogP contribution in [0.15, 0.2) is 58.0 Å². The first-order valence-electron chi connectivity index (χ1n) is 11.1. The maximum absolute atomic E-state index is 13.1. The molecule has 2 aliphatic heterocycles. The molecular weight excluding hydrogens is 504 g/mol. The van der Waals surface area contributed by atoms with Gasteiger partial charge in [0.25, 0.3) is 11.8 Å². The Balaban J connectivity index is 1.37. The van der Waals surface area contributed by atoms with Crippen LogP contribution in [0.3, 0.4) is 0 Å². The Hall–Kier alpha value is -4.53. The lowest BCUT2D eigenvalue weighted by atomic mass is 10.0. The smallest absolute Gasteiger partial charge is 0.401 e. The lowest BCUT2D eigenvalue weighted by molar-refractivity contribution is -0.669. The molecule has 1 fully saturated rings. The molecule has 14 nitrogen and oxygen atoms in total. The fourth-order valence-corrected chi connectivity index (χ4v) is 5.38. The molecule has 3 aromatic heterocycles. The van der Waals surface area contributed by atoms with Crippen molar-refractivity contribution in [2.45, 2.75) is 24.9 Å². The van der Waals surface area contributed by atoms with E-state index >= 15 is 0 Å². The number of aliphatic carboxylic acids is 1. The van der Waals surface area contributed by atoms with Crippen LogP contribution in [0.2, 0.25) is 0 Å². The highest BCUT2D eigenvalue weighted by molar-refractivity contribution is 8.00. The van der Waals surface area contributed by atoms with Gasteiger partial charge in [0.15, 0.2) is 30.4 Å².